The van der Waals surface area contributed by atoms with E-state index in [-0.39, 0.29) is 30.7 Å². The van der Waals surface area contributed by atoms with Crippen molar-refractivity contribution in [2.24, 2.45) is 0 Å². The number of rotatable bonds is 5. The second kappa shape index (κ2) is 8.67. The topological polar surface area (TPSA) is 70.2 Å². The Morgan fingerprint density at radius 2 is 1.73 bits per heavy atom. The Morgan fingerprint density at radius 1 is 1.00 bits per heavy atom. The molecule has 7 nitrogen and oxygen atoms in total. The molecule has 0 spiro atoms. The zero-order chi connectivity index (χ0) is 21.1. The van der Waals surface area contributed by atoms with E-state index in [1.165, 1.54) is 17.4 Å². The first-order valence-electron chi connectivity index (χ1n) is 10.1. The standard InChI is InChI=1S/C23H25N3O4/c1-17(27)19-7-8-21-20(13-19)26(23(29)16-30-21)15-22(28)25-11-9-24(10-12-25)14-18-5-3-2-4-6-18/h2-8,13H,9-12,14-16H2,1H3. The van der Waals surface area contributed by atoms with Gasteiger partial charge in [-0.1, -0.05) is 30.3 Å². The SMILES string of the molecule is CC(=O)c1ccc2c(c1)N(CC(=O)N1CCN(Cc3ccccc3)CC1)C(=O)CO2. The summed E-state index contributed by atoms with van der Waals surface area (Å²) in [4.78, 5) is 42.7. The van der Waals surface area contributed by atoms with Gasteiger partial charge in [0.25, 0.3) is 5.91 Å². The zero-order valence-corrected chi connectivity index (χ0v) is 17.0. The van der Waals surface area contributed by atoms with Gasteiger partial charge in [-0.15, -0.1) is 0 Å². The molecular weight excluding hydrogens is 382 g/mol. The third-order valence-corrected chi connectivity index (χ3v) is 5.58. The highest BCUT2D eigenvalue weighted by Crippen LogP contribution is 2.33. The monoisotopic (exact) mass is 407 g/mol. The van der Waals surface area contributed by atoms with Gasteiger partial charge in [-0.25, -0.2) is 0 Å². The van der Waals surface area contributed by atoms with E-state index in [0.717, 1.165) is 19.6 Å². The van der Waals surface area contributed by atoms with Crippen LogP contribution in [0.1, 0.15) is 22.8 Å². The smallest absolute Gasteiger partial charge is 0.265 e. The number of carbonyl (C=O) groups is 3. The normalized spacial score (nSPS) is 16.8. The number of nitrogens with zero attached hydrogens (tertiary/aromatic N) is 3. The van der Waals surface area contributed by atoms with Crippen LogP contribution in [0.2, 0.25) is 0 Å². The number of amides is 2. The van der Waals surface area contributed by atoms with Crippen molar-refractivity contribution in [1.29, 1.82) is 0 Å². The molecule has 2 aromatic rings. The molecule has 7 heteroatoms. The van der Waals surface area contributed by atoms with E-state index in [1.807, 2.05) is 18.2 Å². The first-order valence-corrected chi connectivity index (χ1v) is 10.1. The maximum Gasteiger partial charge on any atom is 0.265 e. The molecule has 2 aromatic carbocycles. The summed E-state index contributed by atoms with van der Waals surface area (Å²) in [6, 6.07) is 15.3. The quantitative estimate of drug-likeness (QED) is 0.709. The van der Waals surface area contributed by atoms with Crippen molar-refractivity contribution in [1.82, 2.24) is 9.80 Å². The highest BCUT2D eigenvalue weighted by molar-refractivity contribution is 6.04. The van der Waals surface area contributed by atoms with Crippen molar-refractivity contribution in [2.75, 3.05) is 44.2 Å². The average Bonchev–Trinajstić information content (AvgIpc) is 2.76. The Bertz CT molecular complexity index is 952. The van der Waals surface area contributed by atoms with Crippen molar-refractivity contribution in [3.05, 3.63) is 59.7 Å². The van der Waals surface area contributed by atoms with Gasteiger partial charge in [0.05, 0.1) is 5.69 Å². The number of anilines is 1. The van der Waals surface area contributed by atoms with Gasteiger partial charge in [-0.05, 0) is 30.7 Å². The molecule has 0 saturated carbocycles. The Hall–Kier alpha value is -3.19. The minimum atomic E-state index is -0.278. The van der Waals surface area contributed by atoms with Gasteiger partial charge in [0, 0.05) is 38.3 Å². The van der Waals surface area contributed by atoms with Crippen LogP contribution in [0.4, 0.5) is 5.69 Å². The second-order valence-corrected chi connectivity index (χ2v) is 7.65. The minimum absolute atomic E-state index is 0.0464. The van der Waals surface area contributed by atoms with E-state index in [1.54, 1.807) is 23.1 Å². The Labute approximate surface area is 175 Å². The van der Waals surface area contributed by atoms with Crippen LogP contribution >= 0.6 is 0 Å². The van der Waals surface area contributed by atoms with Crippen LogP contribution in [-0.2, 0) is 16.1 Å². The molecule has 2 aliphatic heterocycles. The molecular formula is C23H25N3O4. The fourth-order valence-electron chi connectivity index (χ4n) is 3.83. The van der Waals surface area contributed by atoms with Crippen LogP contribution in [0.25, 0.3) is 0 Å². The molecule has 1 fully saturated rings. The van der Waals surface area contributed by atoms with E-state index in [9.17, 15) is 14.4 Å². The van der Waals surface area contributed by atoms with Gasteiger partial charge in [0.2, 0.25) is 5.91 Å². The lowest BCUT2D eigenvalue weighted by Crippen LogP contribution is -2.52. The second-order valence-electron chi connectivity index (χ2n) is 7.65. The van der Waals surface area contributed by atoms with E-state index in [4.69, 9.17) is 4.74 Å². The molecule has 0 bridgehead atoms. The highest BCUT2D eigenvalue weighted by Gasteiger charge is 2.30. The van der Waals surface area contributed by atoms with Gasteiger partial charge < -0.3 is 9.64 Å². The van der Waals surface area contributed by atoms with Crippen LogP contribution in [0, 0.1) is 0 Å². The van der Waals surface area contributed by atoms with Crippen molar-refractivity contribution in [2.45, 2.75) is 13.5 Å². The Kier molecular flexibility index (Phi) is 5.81. The molecule has 2 amide bonds. The number of hydrogen-bond donors (Lipinski definition) is 0. The Balaban J connectivity index is 1.39. The van der Waals surface area contributed by atoms with Crippen LogP contribution in [-0.4, -0.2) is 66.7 Å². The van der Waals surface area contributed by atoms with Gasteiger partial charge >= 0.3 is 0 Å². The van der Waals surface area contributed by atoms with E-state index in [2.05, 4.69) is 17.0 Å². The van der Waals surface area contributed by atoms with E-state index in [0.29, 0.717) is 30.1 Å². The van der Waals surface area contributed by atoms with Crippen molar-refractivity contribution in [3.8, 4) is 5.75 Å². The van der Waals surface area contributed by atoms with E-state index < -0.39 is 0 Å². The minimum Gasteiger partial charge on any atom is -0.482 e. The van der Waals surface area contributed by atoms with Crippen molar-refractivity contribution < 1.29 is 19.1 Å². The number of carbonyl (C=O) groups excluding carboxylic acids is 3. The average molecular weight is 407 g/mol. The number of hydrogen-bond acceptors (Lipinski definition) is 5. The predicted molar refractivity (Wildman–Crippen MR) is 113 cm³/mol. The fraction of sp³-hybridized carbons (Fsp3) is 0.348. The van der Waals surface area contributed by atoms with Gasteiger partial charge in [-0.3, -0.25) is 24.2 Å². The lowest BCUT2D eigenvalue weighted by Gasteiger charge is -2.36. The number of fused-ring (bicyclic) bond motifs is 1. The fourth-order valence-corrected chi connectivity index (χ4v) is 3.83. The summed E-state index contributed by atoms with van der Waals surface area (Å²) in [7, 11) is 0. The molecule has 0 atom stereocenters. The molecule has 0 aliphatic carbocycles. The van der Waals surface area contributed by atoms with Gasteiger partial charge in [0.1, 0.15) is 12.3 Å². The molecule has 156 valence electrons. The summed E-state index contributed by atoms with van der Waals surface area (Å²) in [6.45, 7) is 5.03. The van der Waals surface area contributed by atoms with Gasteiger partial charge in [0.15, 0.2) is 12.4 Å². The zero-order valence-electron chi connectivity index (χ0n) is 17.0. The predicted octanol–water partition coefficient (Wildman–Crippen LogP) is 1.96. The molecule has 2 aliphatic rings. The van der Waals surface area contributed by atoms with Crippen molar-refractivity contribution >= 4 is 23.3 Å². The van der Waals surface area contributed by atoms with Crippen LogP contribution in [0.15, 0.2) is 48.5 Å². The lowest BCUT2D eigenvalue weighted by atomic mass is 10.1. The first-order chi connectivity index (χ1) is 14.5. The van der Waals surface area contributed by atoms with Crippen LogP contribution < -0.4 is 9.64 Å². The summed E-state index contributed by atoms with van der Waals surface area (Å²) in [5, 5.41) is 0. The molecule has 0 aromatic heterocycles. The molecule has 0 N–H and O–H groups in total. The first kappa shape index (κ1) is 20.1. The summed E-state index contributed by atoms with van der Waals surface area (Å²) in [5.41, 5.74) is 2.23. The molecule has 1 saturated heterocycles. The largest absolute Gasteiger partial charge is 0.482 e. The third-order valence-electron chi connectivity index (χ3n) is 5.58. The molecule has 4 rings (SSSR count). The number of ketones is 1. The number of benzene rings is 2. The number of ether oxygens (including phenoxy) is 1. The summed E-state index contributed by atoms with van der Waals surface area (Å²) in [6.07, 6.45) is 0. The molecule has 30 heavy (non-hydrogen) atoms. The summed E-state index contributed by atoms with van der Waals surface area (Å²) >= 11 is 0. The van der Waals surface area contributed by atoms with E-state index >= 15 is 0 Å². The molecule has 0 unspecified atom stereocenters. The van der Waals surface area contributed by atoms with Crippen molar-refractivity contribution in [3.63, 3.8) is 0 Å². The molecule has 0 radical (unpaired) electrons. The maximum atomic E-state index is 12.9. The summed E-state index contributed by atoms with van der Waals surface area (Å²) in [5.74, 6) is 0.0415. The molecule has 2 heterocycles. The number of Topliss-reactive ketones (excluding diaryl/α,β-unsaturated/α-hetero) is 1. The van der Waals surface area contributed by atoms with Crippen LogP contribution in [0.3, 0.4) is 0 Å². The Morgan fingerprint density at radius 3 is 2.43 bits per heavy atom. The van der Waals surface area contributed by atoms with Crippen LogP contribution in [0.5, 0.6) is 5.75 Å². The number of piperazine rings is 1. The maximum absolute atomic E-state index is 12.9. The summed E-state index contributed by atoms with van der Waals surface area (Å²) < 4.78 is 5.46. The third kappa shape index (κ3) is 4.36. The lowest BCUT2D eigenvalue weighted by molar-refractivity contribution is -0.133. The van der Waals surface area contributed by atoms with Gasteiger partial charge in [-0.2, -0.15) is 0 Å². The highest BCUT2D eigenvalue weighted by atomic mass is 16.5.